The minimum atomic E-state index is -0.618. The molecular formula is C14H13FN2O3. The molecule has 5 nitrogen and oxygen atoms in total. The average molecular weight is 276 g/mol. The summed E-state index contributed by atoms with van der Waals surface area (Å²) in [4.78, 5) is 24.0. The maximum atomic E-state index is 13.0. The number of ether oxygens (including phenoxy) is 1. The summed E-state index contributed by atoms with van der Waals surface area (Å²) in [5, 5.41) is 8.62. The lowest BCUT2D eigenvalue weighted by atomic mass is 10.2. The van der Waals surface area contributed by atoms with Crippen LogP contribution in [0.5, 0.6) is 0 Å². The summed E-state index contributed by atoms with van der Waals surface area (Å²) in [6, 6.07) is 7.48. The number of carbonyl (C=O) groups is 2. The molecule has 0 radical (unpaired) electrons. The summed E-state index contributed by atoms with van der Waals surface area (Å²) in [7, 11) is 1.19. The van der Waals surface area contributed by atoms with Crippen molar-refractivity contribution >= 4 is 18.0 Å². The van der Waals surface area contributed by atoms with Crippen molar-refractivity contribution in [2.45, 2.75) is 0 Å². The van der Waals surface area contributed by atoms with Gasteiger partial charge < -0.3 is 9.64 Å². The van der Waals surface area contributed by atoms with Crippen LogP contribution < -0.4 is 0 Å². The van der Waals surface area contributed by atoms with Crippen molar-refractivity contribution in [2.75, 3.05) is 20.2 Å². The van der Waals surface area contributed by atoms with Crippen molar-refractivity contribution < 1.29 is 18.7 Å². The Morgan fingerprint density at radius 2 is 2.25 bits per heavy atom. The molecule has 0 bridgehead atoms. The van der Waals surface area contributed by atoms with E-state index in [0.717, 1.165) is 4.90 Å². The van der Waals surface area contributed by atoms with E-state index >= 15 is 0 Å². The van der Waals surface area contributed by atoms with E-state index in [-0.39, 0.29) is 13.1 Å². The molecule has 6 heteroatoms. The lowest BCUT2D eigenvalue weighted by Crippen LogP contribution is -2.35. The summed E-state index contributed by atoms with van der Waals surface area (Å²) in [5.41, 5.74) is 0.508. The molecule has 20 heavy (non-hydrogen) atoms. The molecule has 0 unspecified atom stereocenters. The molecule has 0 fully saturated rings. The van der Waals surface area contributed by atoms with Gasteiger partial charge in [-0.1, -0.05) is 12.1 Å². The minimum Gasteiger partial charge on any atom is -0.468 e. The van der Waals surface area contributed by atoms with Crippen LogP contribution >= 0.6 is 0 Å². The molecule has 0 aliphatic carbocycles. The fourth-order valence-electron chi connectivity index (χ4n) is 1.40. The normalized spacial score (nSPS) is 10.1. The Labute approximate surface area is 115 Å². The Hall–Kier alpha value is -2.68. The molecule has 0 spiro atoms. The number of esters is 1. The van der Waals surface area contributed by atoms with E-state index in [1.165, 1.54) is 37.5 Å². The first-order chi connectivity index (χ1) is 9.56. The smallest absolute Gasteiger partial charge is 0.325 e. The highest BCUT2D eigenvalue weighted by atomic mass is 19.1. The molecule has 1 aromatic carbocycles. The van der Waals surface area contributed by atoms with Crippen molar-refractivity contribution in [1.29, 1.82) is 5.26 Å². The highest BCUT2D eigenvalue weighted by Gasteiger charge is 2.14. The van der Waals surface area contributed by atoms with Crippen LogP contribution in [0.15, 0.2) is 30.3 Å². The number of nitriles is 1. The highest BCUT2D eigenvalue weighted by molar-refractivity contribution is 5.93. The fourth-order valence-corrected chi connectivity index (χ4v) is 1.40. The van der Waals surface area contributed by atoms with Crippen molar-refractivity contribution in [3.63, 3.8) is 0 Å². The number of halogens is 1. The monoisotopic (exact) mass is 276 g/mol. The van der Waals surface area contributed by atoms with Gasteiger partial charge in [-0.25, -0.2) is 4.39 Å². The van der Waals surface area contributed by atoms with Crippen LogP contribution in [-0.2, 0) is 14.3 Å². The molecule has 0 heterocycles. The molecule has 0 atom stereocenters. The molecule has 0 aliphatic rings. The number of carbonyl (C=O) groups excluding carboxylic acids is 2. The molecule has 104 valence electrons. The second-order valence-corrected chi connectivity index (χ2v) is 3.82. The van der Waals surface area contributed by atoms with E-state index in [4.69, 9.17) is 5.26 Å². The second-order valence-electron chi connectivity index (χ2n) is 3.82. The molecule has 0 saturated heterocycles. The Bertz CT molecular complexity index is 564. The van der Waals surface area contributed by atoms with Gasteiger partial charge in [0.25, 0.3) is 0 Å². The van der Waals surface area contributed by atoms with Gasteiger partial charge in [-0.2, -0.15) is 5.26 Å². The van der Waals surface area contributed by atoms with E-state index in [2.05, 4.69) is 4.74 Å². The number of hydrogen-bond acceptors (Lipinski definition) is 4. The van der Waals surface area contributed by atoms with Gasteiger partial charge in [0.1, 0.15) is 18.9 Å². The lowest BCUT2D eigenvalue weighted by Gasteiger charge is -2.15. The van der Waals surface area contributed by atoms with E-state index in [0.29, 0.717) is 5.56 Å². The largest absolute Gasteiger partial charge is 0.468 e. The second kappa shape index (κ2) is 7.69. The number of nitrogens with zero attached hydrogens (tertiary/aromatic N) is 2. The number of amides is 1. The molecule has 0 N–H and O–H groups in total. The third-order valence-corrected chi connectivity index (χ3v) is 2.39. The van der Waals surface area contributed by atoms with Gasteiger partial charge >= 0.3 is 5.97 Å². The summed E-state index contributed by atoms with van der Waals surface area (Å²) in [5.74, 6) is -1.56. The lowest BCUT2D eigenvalue weighted by molar-refractivity contribution is -0.145. The summed E-state index contributed by atoms with van der Waals surface area (Å²) in [6.45, 7) is -0.544. The molecule has 0 aromatic heterocycles. The first-order valence-electron chi connectivity index (χ1n) is 5.73. The SMILES string of the molecule is COC(=O)CN(CC#N)C(=O)/C=C\c1cccc(F)c1. The average Bonchev–Trinajstić information content (AvgIpc) is 2.44. The number of benzene rings is 1. The molecule has 1 aromatic rings. The molecule has 1 amide bonds. The Morgan fingerprint density at radius 3 is 2.85 bits per heavy atom. The minimum absolute atomic E-state index is 0.235. The quantitative estimate of drug-likeness (QED) is 0.462. The predicted molar refractivity (Wildman–Crippen MR) is 69.6 cm³/mol. The predicted octanol–water partition coefficient (Wildman–Crippen LogP) is 1.36. The van der Waals surface area contributed by atoms with E-state index in [1.807, 2.05) is 0 Å². The molecule has 1 rings (SSSR count). The highest BCUT2D eigenvalue weighted by Crippen LogP contribution is 2.06. The van der Waals surface area contributed by atoms with Crippen LogP contribution in [-0.4, -0.2) is 37.0 Å². The van der Waals surface area contributed by atoms with Gasteiger partial charge in [-0.15, -0.1) is 0 Å². The van der Waals surface area contributed by atoms with Gasteiger partial charge in [-0.05, 0) is 23.8 Å². The zero-order chi connectivity index (χ0) is 15.0. The maximum Gasteiger partial charge on any atom is 0.325 e. The van der Waals surface area contributed by atoms with Crippen molar-refractivity contribution in [3.8, 4) is 6.07 Å². The van der Waals surface area contributed by atoms with Crippen LogP contribution in [0.1, 0.15) is 5.56 Å². The van der Waals surface area contributed by atoms with Gasteiger partial charge in [0.05, 0.1) is 13.2 Å². The number of methoxy groups -OCH3 is 1. The van der Waals surface area contributed by atoms with E-state index < -0.39 is 17.7 Å². The van der Waals surface area contributed by atoms with Crippen LogP contribution in [0, 0.1) is 17.1 Å². The summed E-state index contributed by atoms with van der Waals surface area (Å²) >= 11 is 0. The van der Waals surface area contributed by atoms with E-state index in [9.17, 15) is 14.0 Å². The third-order valence-electron chi connectivity index (χ3n) is 2.39. The van der Waals surface area contributed by atoms with Gasteiger partial charge in [0.15, 0.2) is 0 Å². The summed E-state index contributed by atoms with van der Waals surface area (Å²) < 4.78 is 17.4. The molecule has 0 saturated carbocycles. The summed E-state index contributed by atoms with van der Waals surface area (Å²) in [6.07, 6.45) is 2.59. The van der Waals surface area contributed by atoms with Gasteiger partial charge in [0.2, 0.25) is 5.91 Å². The van der Waals surface area contributed by atoms with Crippen molar-refractivity contribution in [2.24, 2.45) is 0 Å². The molecule has 0 aliphatic heterocycles. The van der Waals surface area contributed by atoms with Crippen LogP contribution in [0.25, 0.3) is 6.08 Å². The molecular weight excluding hydrogens is 263 g/mol. The Morgan fingerprint density at radius 1 is 1.50 bits per heavy atom. The van der Waals surface area contributed by atoms with Crippen molar-refractivity contribution in [1.82, 2.24) is 4.90 Å². The third kappa shape index (κ3) is 4.90. The van der Waals surface area contributed by atoms with Gasteiger partial charge in [-0.3, -0.25) is 9.59 Å². The van der Waals surface area contributed by atoms with Gasteiger partial charge in [0, 0.05) is 6.08 Å². The number of rotatable bonds is 5. The fraction of sp³-hybridized carbons (Fsp3) is 0.214. The number of hydrogen-bond donors (Lipinski definition) is 0. The first kappa shape index (κ1) is 15.4. The van der Waals surface area contributed by atoms with Crippen LogP contribution in [0.3, 0.4) is 0 Å². The first-order valence-corrected chi connectivity index (χ1v) is 5.73. The van der Waals surface area contributed by atoms with Crippen LogP contribution in [0.4, 0.5) is 4.39 Å². The zero-order valence-electron chi connectivity index (χ0n) is 10.9. The van der Waals surface area contributed by atoms with Crippen molar-refractivity contribution in [3.05, 3.63) is 41.7 Å². The Balaban J connectivity index is 2.75. The Kier molecular flexibility index (Phi) is 5.91. The van der Waals surface area contributed by atoms with Crippen LogP contribution in [0.2, 0.25) is 0 Å². The standard InChI is InChI=1S/C14H13FN2O3/c1-20-14(19)10-17(8-7-16)13(18)6-5-11-3-2-4-12(15)9-11/h2-6,9H,8,10H2,1H3/b6-5-. The zero-order valence-corrected chi connectivity index (χ0v) is 10.9. The maximum absolute atomic E-state index is 13.0. The van der Waals surface area contributed by atoms with E-state index in [1.54, 1.807) is 12.1 Å². The topological polar surface area (TPSA) is 70.4 Å².